The van der Waals surface area contributed by atoms with Crippen LogP contribution >= 0.6 is 11.3 Å². The van der Waals surface area contributed by atoms with Crippen molar-refractivity contribution in [1.29, 1.82) is 0 Å². The van der Waals surface area contributed by atoms with Gasteiger partial charge in [0.05, 0.1) is 18.4 Å². The van der Waals surface area contributed by atoms with Crippen molar-refractivity contribution in [2.45, 2.75) is 13.0 Å². The maximum Gasteiger partial charge on any atom is 0.374 e. The van der Waals surface area contributed by atoms with Crippen molar-refractivity contribution < 1.29 is 13.9 Å². The van der Waals surface area contributed by atoms with E-state index in [1.807, 2.05) is 5.38 Å². The Kier molecular flexibility index (Phi) is 4.49. The van der Waals surface area contributed by atoms with E-state index >= 15 is 0 Å². The lowest BCUT2D eigenvalue weighted by Gasteiger charge is -2.03. The van der Waals surface area contributed by atoms with Gasteiger partial charge in [0, 0.05) is 36.7 Å². The summed E-state index contributed by atoms with van der Waals surface area (Å²) in [4.78, 5) is 15.6. The molecule has 18 heavy (non-hydrogen) atoms. The molecule has 2 rings (SSSR count). The van der Waals surface area contributed by atoms with Gasteiger partial charge in [0.1, 0.15) is 0 Å². The normalized spacial score (nSPS) is 10.5. The average Bonchev–Trinajstić information content (AvgIpc) is 3.04. The number of hydrogen-bond acceptors (Lipinski definition) is 6. The van der Waals surface area contributed by atoms with Gasteiger partial charge in [0.25, 0.3) is 0 Å². The van der Waals surface area contributed by atoms with Gasteiger partial charge in [0.2, 0.25) is 5.76 Å². The highest BCUT2D eigenvalue weighted by Gasteiger charge is 2.14. The van der Waals surface area contributed by atoms with Crippen molar-refractivity contribution in [3.8, 4) is 0 Å². The van der Waals surface area contributed by atoms with E-state index in [4.69, 9.17) is 4.42 Å². The quantitative estimate of drug-likeness (QED) is 0.638. The molecular formula is C12H14N2O3S. The van der Waals surface area contributed by atoms with Crippen LogP contribution in [0.5, 0.6) is 0 Å². The van der Waals surface area contributed by atoms with Gasteiger partial charge in [-0.1, -0.05) is 0 Å². The number of ether oxygens (including phenoxy) is 1. The second-order valence-electron chi connectivity index (χ2n) is 3.62. The van der Waals surface area contributed by atoms with Crippen LogP contribution in [0.1, 0.15) is 21.1 Å². The molecule has 0 saturated carbocycles. The van der Waals surface area contributed by atoms with E-state index in [2.05, 4.69) is 15.0 Å². The molecule has 6 heteroatoms. The molecule has 0 aromatic carbocycles. The van der Waals surface area contributed by atoms with Crippen molar-refractivity contribution in [1.82, 2.24) is 10.3 Å². The van der Waals surface area contributed by atoms with Gasteiger partial charge >= 0.3 is 5.97 Å². The van der Waals surface area contributed by atoms with Gasteiger partial charge in [0.15, 0.2) is 0 Å². The molecule has 0 radical (unpaired) electrons. The van der Waals surface area contributed by atoms with Crippen molar-refractivity contribution in [2.75, 3.05) is 13.7 Å². The number of nitrogens with zero attached hydrogens (tertiary/aromatic N) is 1. The Morgan fingerprint density at radius 3 is 3.22 bits per heavy atom. The van der Waals surface area contributed by atoms with Gasteiger partial charge in [-0.25, -0.2) is 9.78 Å². The predicted molar refractivity (Wildman–Crippen MR) is 67.6 cm³/mol. The van der Waals surface area contributed by atoms with Gasteiger partial charge < -0.3 is 14.5 Å². The van der Waals surface area contributed by atoms with E-state index in [1.165, 1.54) is 13.4 Å². The Labute approximate surface area is 109 Å². The zero-order valence-electron chi connectivity index (χ0n) is 10.0. The van der Waals surface area contributed by atoms with Crippen molar-refractivity contribution in [2.24, 2.45) is 0 Å². The van der Waals surface area contributed by atoms with Crippen LogP contribution in [0.2, 0.25) is 0 Å². The minimum absolute atomic E-state index is 0.263. The first-order chi connectivity index (χ1) is 8.81. The first kappa shape index (κ1) is 12.8. The lowest BCUT2D eigenvalue weighted by molar-refractivity contribution is 0.0563. The van der Waals surface area contributed by atoms with Crippen LogP contribution in [0, 0.1) is 0 Å². The van der Waals surface area contributed by atoms with Gasteiger partial charge in [-0.2, -0.15) is 0 Å². The summed E-state index contributed by atoms with van der Waals surface area (Å²) in [5.41, 5.74) is 0.806. The smallest absolute Gasteiger partial charge is 0.374 e. The number of nitrogens with one attached hydrogen (secondary N) is 1. The molecule has 0 unspecified atom stereocenters. The number of esters is 1. The Hall–Kier alpha value is -1.66. The molecular weight excluding hydrogens is 252 g/mol. The molecule has 96 valence electrons. The topological polar surface area (TPSA) is 64.4 Å². The maximum absolute atomic E-state index is 11.4. The summed E-state index contributed by atoms with van der Waals surface area (Å²) in [5, 5.41) is 6.30. The van der Waals surface area contributed by atoms with Crippen molar-refractivity contribution >= 4 is 17.3 Å². The number of furan rings is 1. The molecule has 0 aliphatic carbocycles. The van der Waals surface area contributed by atoms with Crippen LogP contribution < -0.4 is 5.32 Å². The number of carbonyl (C=O) groups excluding carboxylic acids is 1. The minimum Gasteiger partial charge on any atom is -0.463 e. The summed E-state index contributed by atoms with van der Waals surface area (Å²) in [6.45, 7) is 1.38. The van der Waals surface area contributed by atoms with E-state index in [0.717, 1.165) is 23.5 Å². The monoisotopic (exact) mass is 266 g/mol. The number of carbonyl (C=O) groups is 1. The molecule has 0 bridgehead atoms. The lowest BCUT2D eigenvalue weighted by Crippen LogP contribution is -2.18. The second-order valence-corrected chi connectivity index (χ2v) is 4.60. The van der Waals surface area contributed by atoms with Crippen LogP contribution in [0.25, 0.3) is 0 Å². The SMILES string of the molecule is COC(=O)c1occc1CNCCc1nccs1. The summed E-state index contributed by atoms with van der Waals surface area (Å²) in [5.74, 6) is -0.184. The van der Waals surface area contributed by atoms with Gasteiger partial charge in [-0.05, 0) is 6.07 Å². The fourth-order valence-electron chi connectivity index (χ4n) is 1.54. The highest BCUT2D eigenvalue weighted by molar-refractivity contribution is 7.09. The summed E-state index contributed by atoms with van der Waals surface area (Å²) >= 11 is 1.64. The standard InChI is InChI=1S/C12H14N2O3S/c1-16-12(15)11-9(3-6-17-11)8-13-4-2-10-14-5-7-18-10/h3,5-7,13H,2,4,8H2,1H3. The van der Waals surface area contributed by atoms with Crippen LogP contribution in [-0.4, -0.2) is 24.6 Å². The Bertz CT molecular complexity index is 493. The van der Waals surface area contributed by atoms with Crippen LogP contribution in [0.4, 0.5) is 0 Å². The van der Waals surface area contributed by atoms with Crippen LogP contribution in [0.3, 0.4) is 0 Å². The third-order valence-electron chi connectivity index (χ3n) is 2.43. The zero-order chi connectivity index (χ0) is 12.8. The van der Waals surface area contributed by atoms with Crippen molar-refractivity contribution in [3.63, 3.8) is 0 Å². The number of hydrogen-bond donors (Lipinski definition) is 1. The fraction of sp³-hybridized carbons (Fsp3) is 0.333. The summed E-state index contributed by atoms with van der Waals surface area (Å²) in [6, 6.07) is 1.77. The van der Waals surface area contributed by atoms with Gasteiger partial charge in [-0.15, -0.1) is 11.3 Å². The molecule has 1 N–H and O–H groups in total. The highest BCUT2D eigenvalue weighted by atomic mass is 32.1. The summed E-state index contributed by atoms with van der Waals surface area (Å²) < 4.78 is 9.73. The molecule has 0 atom stereocenters. The predicted octanol–water partition coefficient (Wildman–Crippen LogP) is 1.86. The summed E-state index contributed by atoms with van der Waals surface area (Å²) in [7, 11) is 1.34. The van der Waals surface area contributed by atoms with E-state index in [-0.39, 0.29) is 5.76 Å². The van der Waals surface area contributed by atoms with Gasteiger partial charge in [-0.3, -0.25) is 0 Å². The second kappa shape index (κ2) is 6.32. The number of aromatic nitrogens is 1. The Morgan fingerprint density at radius 1 is 1.61 bits per heavy atom. The molecule has 0 aliphatic heterocycles. The lowest BCUT2D eigenvalue weighted by atomic mass is 10.2. The molecule has 5 nitrogen and oxygen atoms in total. The van der Waals surface area contributed by atoms with E-state index in [0.29, 0.717) is 6.54 Å². The third-order valence-corrected chi connectivity index (χ3v) is 3.27. The number of thiazole rings is 1. The Morgan fingerprint density at radius 2 is 2.50 bits per heavy atom. The molecule has 0 amide bonds. The maximum atomic E-state index is 11.4. The van der Waals surface area contributed by atoms with Crippen LogP contribution in [-0.2, 0) is 17.7 Å². The van der Waals surface area contributed by atoms with Crippen LogP contribution in [0.15, 0.2) is 28.3 Å². The number of methoxy groups -OCH3 is 1. The third kappa shape index (κ3) is 3.18. The van der Waals surface area contributed by atoms with E-state index in [1.54, 1.807) is 23.6 Å². The minimum atomic E-state index is -0.447. The molecule has 0 spiro atoms. The fourth-order valence-corrected chi connectivity index (χ4v) is 2.16. The Balaban J connectivity index is 1.80. The van der Waals surface area contributed by atoms with E-state index < -0.39 is 5.97 Å². The molecule has 0 saturated heterocycles. The molecule has 2 aromatic heterocycles. The number of rotatable bonds is 6. The molecule has 2 heterocycles. The summed E-state index contributed by atoms with van der Waals surface area (Å²) in [6.07, 6.45) is 4.17. The zero-order valence-corrected chi connectivity index (χ0v) is 10.8. The molecule has 0 fully saturated rings. The average molecular weight is 266 g/mol. The first-order valence-corrected chi connectivity index (χ1v) is 6.43. The highest BCUT2D eigenvalue weighted by Crippen LogP contribution is 2.11. The van der Waals surface area contributed by atoms with E-state index in [9.17, 15) is 4.79 Å². The largest absolute Gasteiger partial charge is 0.463 e. The molecule has 0 aliphatic rings. The molecule has 2 aromatic rings. The first-order valence-electron chi connectivity index (χ1n) is 5.55. The van der Waals surface area contributed by atoms with Crippen molar-refractivity contribution in [3.05, 3.63) is 40.2 Å².